The zero-order chi connectivity index (χ0) is 11.6. The summed E-state index contributed by atoms with van der Waals surface area (Å²) in [6.45, 7) is 0. The molecule has 0 unspecified atom stereocenters. The van der Waals surface area contributed by atoms with Crippen LogP contribution in [-0.2, 0) is 9.53 Å². The molecule has 15 heavy (non-hydrogen) atoms. The van der Waals surface area contributed by atoms with E-state index in [1.807, 2.05) is 0 Å². The number of hydrogen-bond acceptors (Lipinski definition) is 3. The number of halogens is 3. The Morgan fingerprint density at radius 2 is 1.87 bits per heavy atom. The van der Waals surface area contributed by atoms with Crippen molar-refractivity contribution in [3.63, 3.8) is 0 Å². The summed E-state index contributed by atoms with van der Waals surface area (Å²) in [5, 5.41) is 0.736. The normalized spacial score (nSPS) is 12.3. The average molecular weight is 269 g/mol. The van der Waals surface area contributed by atoms with Gasteiger partial charge in [-0.2, -0.15) is 0 Å². The highest BCUT2D eigenvalue weighted by Gasteiger charge is 2.23. The molecule has 1 rings (SSSR count). The van der Waals surface area contributed by atoms with Gasteiger partial charge in [0.15, 0.2) is 0 Å². The molecular weight excluding hydrogens is 260 g/mol. The molecule has 0 aliphatic carbocycles. The molecule has 0 bridgehead atoms. The molecule has 0 fully saturated rings. The van der Waals surface area contributed by atoms with Gasteiger partial charge in [0.2, 0.25) is 0 Å². The molecule has 1 aromatic rings. The number of rotatable bonds is 2. The number of esters is 1. The zero-order valence-electron chi connectivity index (χ0n) is 7.76. The minimum absolute atomic E-state index is 0.169. The average Bonchev–Trinajstić information content (AvgIpc) is 2.22. The van der Waals surface area contributed by atoms with E-state index in [0.29, 0.717) is 0 Å². The minimum Gasteiger partial charge on any atom is -0.468 e. The fourth-order valence-electron chi connectivity index (χ4n) is 1.07. The monoisotopic (exact) mass is 267 g/mol. The number of carbonyl (C=O) groups excluding carboxylic acids is 1. The van der Waals surface area contributed by atoms with Gasteiger partial charge in [-0.05, 0) is 12.1 Å². The van der Waals surface area contributed by atoms with Crippen molar-refractivity contribution in [2.45, 2.75) is 6.04 Å². The molecular formula is C9H8Cl3NO2. The predicted octanol–water partition coefficient (Wildman–Crippen LogP) is 2.82. The number of hydrogen-bond donors (Lipinski definition) is 1. The van der Waals surface area contributed by atoms with Crippen molar-refractivity contribution in [3.05, 3.63) is 32.8 Å². The van der Waals surface area contributed by atoms with Gasteiger partial charge in [-0.15, -0.1) is 0 Å². The Balaban J connectivity index is 3.24. The van der Waals surface area contributed by atoms with Crippen LogP contribution in [0.25, 0.3) is 0 Å². The first-order valence-electron chi connectivity index (χ1n) is 3.95. The molecule has 0 aliphatic rings. The Morgan fingerprint density at radius 1 is 1.33 bits per heavy atom. The van der Waals surface area contributed by atoms with Gasteiger partial charge in [-0.3, -0.25) is 4.79 Å². The molecule has 0 saturated carbocycles. The van der Waals surface area contributed by atoms with Crippen LogP contribution in [0.1, 0.15) is 11.6 Å². The molecule has 0 radical (unpaired) electrons. The van der Waals surface area contributed by atoms with Crippen molar-refractivity contribution in [2.24, 2.45) is 5.73 Å². The van der Waals surface area contributed by atoms with Crippen LogP contribution in [0, 0.1) is 0 Å². The second kappa shape index (κ2) is 5.03. The number of methoxy groups -OCH3 is 1. The largest absolute Gasteiger partial charge is 0.468 e. The molecule has 0 saturated heterocycles. The summed E-state index contributed by atoms with van der Waals surface area (Å²) in [6, 6.07) is 2.02. The summed E-state index contributed by atoms with van der Waals surface area (Å²) < 4.78 is 4.49. The lowest BCUT2D eigenvalue weighted by Gasteiger charge is -2.13. The number of carbonyl (C=O) groups is 1. The van der Waals surface area contributed by atoms with Crippen LogP contribution in [0.3, 0.4) is 0 Å². The van der Waals surface area contributed by atoms with Gasteiger partial charge in [0.25, 0.3) is 0 Å². The molecule has 0 amide bonds. The Bertz CT molecular complexity index is 395. The van der Waals surface area contributed by atoms with Crippen LogP contribution >= 0.6 is 34.8 Å². The maximum Gasteiger partial charge on any atom is 0.327 e. The van der Waals surface area contributed by atoms with Crippen LogP contribution < -0.4 is 5.73 Å². The Morgan fingerprint density at radius 3 is 2.40 bits per heavy atom. The van der Waals surface area contributed by atoms with Crippen molar-refractivity contribution >= 4 is 40.8 Å². The van der Waals surface area contributed by atoms with E-state index in [9.17, 15) is 4.79 Å². The van der Waals surface area contributed by atoms with Gasteiger partial charge in [0, 0.05) is 10.6 Å². The lowest BCUT2D eigenvalue weighted by atomic mass is 10.1. The molecule has 1 atom stereocenters. The fourth-order valence-corrected chi connectivity index (χ4v) is 1.84. The molecule has 1 aromatic carbocycles. The van der Waals surface area contributed by atoms with Gasteiger partial charge in [0.1, 0.15) is 6.04 Å². The minimum atomic E-state index is -1.03. The van der Waals surface area contributed by atoms with E-state index in [2.05, 4.69) is 4.74 Å². The smallest absolute Gasteiger partial charge is 0.327 e. The first kappa shape index (κ1) is 12.6. The van der Waals surface area contributed by atoms with Crippen LogP contribution in [0.15, 0.2) is 12.1 Å². The third kappa shape index (κ3) is 2.55. The lowest BCUT2D eigenvalue weighted by molar-refractivity contribution is -0.142. The molecule has 0 aliphatic heterocycles. The quantitative estimate of drug-likeness (QED) is 0.663. The molecule has 0 heterocycles. The van der Waals surface area contributed by atoms with Gasteiger partial charge < -0.3 is 10.5 Å². The van der Waals surface area contributed by atoms with Gasteiger partial charge in [-0.25, -0.2) is 0 Å². The summed E-state index contributed by atoms with van der Waals surface area (Å²) in [5.41, 5.74) is 5.89. The Labute approximate surface area is 102 Å². The van der Waals surface area contributed by atoms with Crippen LogP contribution in [0.2, 0.25) is 15.1 Å². The highest BCUT2D eigenvalue weighted by Crippen LogP contribution is 2.35. The zero-order valence-corrected chi connectivity index (χ0v) is 10.0. The maximum atomic E-state index is 11.2. The maximum absolute atomic E-state index is 11.2. The third-order valence-corrected chi connectivity index (χ3v) is 2.99. The highest BCUT2D eigenvalue weighted by molar-refractivity contribution is 6.44. The number of benzene rings is 1. The van der Waals surface area contributed by atoms with Crippen molar-refractivity contribution in [2.75, 3.05) is 7.11 Å². The predicted molar refractivity (Wildman–Crippen MR) is 60.4 cm³/mol. The number of nitrogens with two attached hydrogens (primary N) is 1. The van der Waals surface area contributed by atoms with Crippen molar-refractivity contribution < 1.29 is 9.53 Å². The van der Waals surface area contributed by atoms with Crippen molar-refractivity contribution in [3.8, 4) is 0 Å². The first-order valence-corrected chi connectivity index (χ1v) is 5.09. The Kier molecular flexibility index (Phi) is 4.22. The molecule has 0 aromatic heterocycles. The topological polar surface area (TPSA) is 52.3 Å². The first-order chi connectivity index (χ1) is 6.99. The second-order valence-corrected chi connectivity index (χ2v) is 3.95. The Hall–Kier alpha value is -0.480. The highest BCUT2D eigenvalue weighted by atomic mass is 35.5. The van der Waals surface area contributed by atoms with E-state index in [4.69, 9.17) is 40.5 Å². The molecule has 3 nitrogen and oxygen atoms in total. The molecule has 6 heteroatoms. The SMILES string of the molecule is COC(=O)[C@@H](N)c1c(Cl)ccc(Cl)c1Cl. The van der Waals surface area contributed by atoms with Crippen LogP contribution in [0.4, 0.5) is 0 Å². The van der Waals surface area contributed by atoms with Crippen LogP contribution in [-0.4, -0.2) is 13.1 Å². The summed E-state index contributed by atoms with van der Waals surface area (Å²) in [6.07, 6.45) is 0. The van der Waals surface area contributed by atoms with E-state index in [1.165, 1.54) is 19.2 Å². The standard InChI is InChI=1S/C9H8Cl3NO2/c1-15-9(14)8(13)6-4(10)2-3-5(11)7(6)12/h2-3,8H,13H2,1H3/t8-/m0/s1. The summed E-state index contributed by atoms with van der Waals surface area (Å²) in [4.78, 5) is 11.2. The van der Waals surface area contributed by atoms with Gasteiger partial charge in [-0.1, -0.05) is 34.8 Å². The third-order valence-electron chi connectivity index (χ3n) is 1.85. The van der Waals surface area contributed by atoms with E-state index < -0.39 is 12.0 Å². The molecule has 0 spiro atoms. The lowest BCUT2D eigenvalue weighted by Crippen LogP contribution is -2.23. The van der Waals surface area contributed by atoms with Crippen molar-refractivity contribution in [1.82, 2.24) is 0 Å². The summed E-state index contributed by atoms with van der Waals surface area (Å²) in [7, 11) is 1.23. The van der Waals surface area contributed by atoms with E-state index >= 15 is 0 Å². The van der Waals surface area contributed by atoms with E-state index in [-0.39, 0.29) is 20.6 Å². The summed E-state index contributed by atoms with van der Waals surface area (Å²) >= 11 is 17.5. The van der Waals surface area contributed by atoms with Gasteiger partial charge in [0.05, 0.1) is 17.2 Å². The van der Waals surface area contributed by atoms with Crippen molar-refractivity contribution in [1.29, 1.82) is 0 Å². The summed E-state index contributed by atoms with van der Waals surface area (Å²) in [5.74, 6) is -0.624. The molecule has 2 N–H and O–H groups in total. The number of ether oxygens (including phenoxy) is 1. The fraction of sp³-hybridized carbons (Fsp3) is 0.222. The van der Waals surface area contributed by atoms with Crippen LogP contribution in [0.5, 0.6) is 0 Å². The van der Waals surface area contributed by atoms with E-state index in [0.717, 1.165) is 0 Å². The van der Waals surface area contributed by atoms with E-state index in [1.54, 1.807) is 0 Å². The molecule has 82 valence electrons. The van der Waals surface area contributed by atoms with Gasteiger partial charge >= 0.3 is 5.97 Å². The second-order valence-electron chi connectivity index (χ2n) is 2.76.